The van der Waals surface area contributed by atoms with E-state index in [2.05, 4.69) is 12.2 Å². The van der Waals surface area contributed by atoms with Gasteiger partial charge in [0.05, 0.1) is 10.6 Å². The Morgan fingerprint density at radius 3 is 2.86 bits per heavy atom. The molecule has 0 bridgehead atoms. The Bertz CT molecular complexity index is 1090. The van der Waals surface area contributed by atoms with Crippen LogP contribution in [0.5, 0.6) is 0 Å². The van der Waals surface area contributed by atoms with Crippen LogP contribution in [-0.4, -0.2) is 20.7 Å². The van der Waals surface area contributed by atoms with Gasteiger partial charge in [-0.15, -0.1) is 11.3 Å². The van der Waals surface area contributed by atoms with E-state index in [1.165, 1.54) is 22.2 Å². The van der Waals surface area contributed by atoms with Gasteiger partial charge in [-0.3, -0.25) is 14.2 Å². The Kier molecular flexibility index (Phi) is 6.06. The van der Waals surface area contributed by atoms with Gasteiger partial charge in [0.2, 0.25) is 5.91 Å². The summed E-state index contributed by atoms with van der Waals surface area (Å²) >= 11 is 3.02. The standard InChI is InChI=1S/C22H25N3O2S2/c1-3-12-25-21(27)18-16-10-7-11-17(16)29-20(18)24-22(25)28-14(2)19(26)23-13-15-8-5-4-6-9-15/h4-6,8-9,14H,3,7,10-13H2,1-2H3,(H,23,26)/t14-/m0/s1. The first-order valence-electron chi connectivity index (χ1n) is 10.1. The van der Waals surface area contributed by atoms with Gasteiger partial charge in [0, 0.05) is 18.0 Å². The summed E-state index contributed by atoms with van der Waals surface area (Å²) in [5.41, 5.74) is 2.32. The summed E-state index contributed by atoms with van der Waals surface area (Å²) in [7, 11) is 0. The van der Waals surface area contributed by atoms with E-state index in [1.54, 1.807) is 15.9 Å². The third kappa shape index (κ3) is 4.12. The van der Waals surface area contributed by atoms with Crippen LogP contribution in [0, 0.1) is 0 Å². The predicted octanol–water partition coefficient (Wildman–Crippen LogP) is 4.15. The SMILES string of the molecule is CCCn1c(S[C@@H](C)C(=O)NCc2ccccc2)nc2sc3c(c2c1=O)CCC3. The van der Waals surface area contributed by atoms with E-state index in [1.807, 2.05) is 37.3 Å². The van der Waals surface area contributed by atoms with E-state index in [0.29, 0.717) is 18.2 Å². The second-order valence-electron chi connectivity index (χ2n) is 7.35. The second kappa shape index (κ2) is 8.71. The summed E-state index contributed by atoms with van der Waals surface area (Å²) in [4.78, 5) is 32.8. The average Bonchev–Trinajstić information content (AvgIpc) is 3.30. The molecule has 5 nitrogen and oxygen atoms in total. The molecule has 7 heteroatoms. The van der Waals surface area contributed by atoms with E-state index in [4.69, 9.17) is 4.98 Å². The summed E-state index contributed by atoms with van der Waals surface area (Å²) in [6, 6.07) is 9.85. The molecule has 0 fully saturated rings. The average molecular weight is 428 g/mol. The highest BCUT2D eigenvalue weighted by Crippen LogP contribution is 2.36. The van der Waals surface area contributed by atoms with Gasteiger partial charge < -0.3 is 5.32 Å². The number of benzene rings is 1. The third-order valence-electron chi connectivity index (χ3n) is 5.20. The molecule has 2 aromatic heterocycles. The molecule has 2 heterocycles. The number of nitrogens with one attached hydrogen (secondary N) is 1. The number of hydrogen-bond donors (Lipinski definition) is 1. The highest BCUT2D eigenvalue weighted by molar-refractivity contribution is 8.00. The van der Waals surface area contributed by atoms with Crippen molar-refractivity contribution in [1.82, 2.24) is 14.9 Å². The molecule has 1 atom stereocenters. The maximum absolute atomic E-state index is 13.2. The number of thioether (sulfide) groups is 1. The number of carbonyl (C=O) groups excluding carboxylic acids is 1. The number of nitrogens with zero attached hydrogens (tertiary/aromatic N) is 2. The van der Waals surface area contributed by atoms with Gasteiger partial charge in [-0.2, -0.15) is 0 Å². The van der Waals surface area contributed by atoms with Gasteiger partial charge in [0.25, 0.3) is 5.56 Å². The van der Waals surface area contributed by atoms with Crippen molar-refractivity contribution in [3.63, 3.8) is 0 Å². The molecule has 3 aromatic rings. The van der Waals surface area contributed by atoms with Gasteiger partial charge >= 0.3 is 0 Å². The molecule has 0 radical (unpaired) electrons. The lowest BCUT2D eigenvalue weighted by molar-refractivity contribution is -0.120. The molecule has 0 saturated carbocycles. The fourth-order valence-corrected chi connectivity index (χ4v) is 5.97. The Morgan fingerprint density at radius 2 is 2.10 bits per heavy atom. The topological polar surface area (TPSA) is 64.0 Å². The van der Waals surface area contributed by atoms with Crippen molar-refractivity contribution in [2.75, 3.05) is 0 Å². The number of rotatable bonds is 7. The lowest BCUT2D eigenvalue weighted by atomic mass is 10.2. The van der Waals surface area contributed by atoms with E-state index < -0.39 is 0 Å². The van der Waals surface area contributed by atoms with Crippen molar-refractivity contribution in [3.8, 4) is 0 Å². The fourth-order valence-electron chi connectivity index (χ4n) is 3.71. The van der Waals surface area contributed by atoms with Gasteiger partial charge in [-0.05, 0) is 43.7 Å². The van der Waals surface area contributed by atoms with Crippen LogP contribution in [0.1, 0.15) is 42.7 Å². The minimum Gasteiger partial charge on any atom is -0.351 e. The van der Waals surface area contributed by atoms with Crippen LogP contribution in [0.2, 0.25) is 0 Å². The van der Waals surface area contributed by atoms with Crippen LogP contribution in [0.3, 0.4) is 0 Å². The zero-order chi connectivity index (χ0) is 20.4. The molecule has 152 valence electrons. The van der Waals surface area contributed by atoms with Crippen LogP contribution in [0.4, 0.5) is 0 Å². The highest BCUT2D eigenvalue weighted by Gasteiger charge is 2.24. The zero-order valence-corrected chi connectivity index (χ0v) is 18.4. The third-order valence-corrected chi connectivity index (χ3v) is 7.47. The van der Waals surface area contributed by atoms with Crippen molar-refractivity contribution in [1.29, 1.82) is 0 Å². The van der Waals surface area contributed by atoms with E-state index in [9.17, 15) is 9.59 Å². The Balaban J connectivity index is 1.57. The number of hydrogen-bond acceptors (Lipinski definition) is 5. The van der Waals surface area contributed by atoms with Crippen molar-refractivity contribution in [2.45, 2.75) is 63.0 Å². The molecule has 0 spiro atoms. The molecule has 0 unspecified atom stereocenters. The summed E-state index contributed by atoms with van der Waals surface area (Å²) in [6.07, 6.45) is 3.99. The Morgan fingerprint density at radius 1 is 1.31 bits per heavy atom. The minimum absolute atomic E-state index is 0.0510. The molecule has 1 aromatic carbocycles. The first kappa shape index (κ1) is 20.2. The van der Waals surface area contributed by atoms with Crippen molar-refractivity contribution in [3.05, 3.63) is 56.7 Å². The fraction of sp³-hybridized carbons (Fsp3) is 0.409. The normalized spacial score (nSPS) is 14.1. The summed E-state index contributed by atoms with van der Waals surface area (Å²) in [5.74, 6) is -0.0510. The summed E-state index contributed by atoms with van der Waals surface area (Å²) in [5, 5.41) is 4.10. The molecule has 4 rings (SSSR count). The van der Waals surface area contributed by atoms with Crippen molar-refractivity contribution in [2.24, 2.45) is 0 Å². The van der Waals surface area contributed by atoms with Gasteiger partial charge in [0.15, 0.2) is 5.16 Å². The summed E-state index contributed by atoms with van der Waals surface area (Å²) in [6.45, 7) is 5.04. The van der Waals surface area contributed by atoms with Gasteiger partial charge in [-0.1, -0.05) is 49.0 Å². The predicted molar refractivity (Wildman–Crippen MR) is 120 cm³/mol. The Hall–Kier alpha value is -2.12. The molecule has 1 amide bonds. The first-order valence-corrected chi connectivity index (χ1v) is 11.8. The molecule has 0 saturated heterocycles. The smallest absolute Gasteiger partial charge is 0.263 e. The largest absolute Gasteiger partial charge is 0.351 e. The van der Waals surface area contributed by atoms with E-state index >= 15 is 0 Å². The summed E-state index contributed by atoms with van der Waals surface area (Å²) < 4.78 is 1.76. The van der Waals surface area contributed by atoms with Gasteiger partial charge in [0.1, 0.15) is 4.83 Å². The minimum atomic E-state index is -0.335. The number of fused-ring (bicyclic) bond motifs is 3. The van der Waals surface area contributed by atoms with Crippen LogP contribution >= 0.6 is 23.1 Å². The number of thiophene rings is 1. The molecule has 29 heavy (non-hydrogen) atoms. The first-order chi connectivity index (χ1) is 14.1. The van der Waals surface area contributed by atoms with Crippen LogP contribution < -0.4 is 10.9 Å². The number of aromatic nitrogens is 2. The number of carbonyl (C=O) groups is 1. The zero-order valence-electron chi connectivity index (χ0n) is 16.7. The second-order valence-corrected chi connectivity index (χ2v) is 9.74. The van der Waals surface area contributed by atoms with Crippen LogP contribution in [0.15, 0.2) is 40.3 Å². The van der Waals surface area contributed by atoms with E-state index in [0.717, 1.165) is 41.5 Å². The lowest BCUT2D eigenvalue weighted by Gasteiger charge is -2.15. The molecular formula is C22H25N3O2S2. The maximum atomic E-state index is 13.2. The molecule has 1 N–H and O–H groups in total. The molecule has 0 aliphatic heterocycles. The molecule has 1 aliphatic carbocycles. The molecular weight excluding hydrogens is 402 g/mol. The Labute approximate surface area is 178 Å². The molecule has 1 aliphatic rings. The van der Waals surface area contributed by atoms with E-state index in [-0.39, 0.29) is 16.7 Å². The van der Waals surface area contributed by atoms with Crippen LogP contribution in [0.25, 0.3) is 10.2 Å². The van der Waals surface area contributed by atoms with Gasteiger partial charge in [-0.25, -0.2) is 4.98 Å². The van der Waals surface area contributed by atoms with Crippen molar-refractivity contribution < 1.29 is 4.79 Å². The highest BCUT2D eigenvalue weighted by atomic mass is 32.2. The number of aryl methyl sites for hydroxylation is 2. The monoisotopic (exact) mass is 427 g/mol. The quantitative estimate of drug-likeness (QED) is 0.454. The van der Waals surface area contributed by atoms with Crippen molar-refractivity contribution >= 4 is 39.2 Å². The number of amides is 1. The maximum Gasteiger partial charge on any atom is 0.263 e. The lowest BCUT2D eigenvalue weighted by Crippen LogP contribution is -2.31. The van der Waals surface area contributed by atoms with Crippen LogP contribution in [-0.2, 0) is 30.7 Å².